The molecule has 1 aromatic carbocycles. The molecular weight excluding hydrogens is 194 g/mol. The number of carbonyl (C=O) groups excluding carboxylic acids is 1. The van der Waals surface area contributed by atoms with Crippen molar-refractivity contribution in [2.45, 2.75) is 24.3 Å². The van der Waals surface area contributed by atoms with Gasteiger partial charge in [-0.15, -0.1) is 11.8 Å². The number of hydrogen-bond donors (Lipinski definition) is 1. The Balaban J connectivity index is 3.09. The molecule has 0 aliphatic rings. The summed E-state index contributed by atoms with van der Waals surface area (Å²) in [5.74, 6) is 0. The second-order valence-corrected chi connectivity index (χ2v) is 4.44. The first-order chi connectivity index (χ1) is 6.61. The lowest BCUT2D eigenvalue weighted by Crippen LogP contribution is -2.35. The maximum absolute atomic E-state index is 10.5. The Hall–Kier alpha value is -0.960. The molecule has 14 heavy (non-hydrogen) atoms. The molecule has 1 N–H and O–H groups in total. The molecule has 0 atom stereocenters. The minimum Gasteiger partial charge on any atom is -0.350 e. The van der Waals surface area contributed by atoms with E-state index in [0.717, 1.165) is 12.0 Å². The summed E-state index contributed by atoms with van der Waals surface area (Å²) in [5, 5.41) is 2.82. The molecule has 0 saturated carbocycles. The van der Waals surface area contributed by atoms with Crippen LogP contribution in [0.5, 0.6) is 0 Å². The Morgan fingerprint density at radius 2 is 2.00 bits per heavy atom. The van der Waals surface area contributed by atoms with Crippen molar-refractivity contribution in [3.8, 4) is 0 Å². The zero-order valence-corrected chi connectivity index (χ0v) is 9.52. The zero-order chi connectivity index (χ0) is 10.6. The lowest BCUT2D eigenvalue weighted by Gasteiger charge is -2.26. The Morgan fingerprint density at radius 1 is 1.36 bits per heavy atom. The van der Waals surface area contributed by atoms with E-state index in [1.54, 1.807) is 11.8 Å². The summed E-state index contributed by atoms with van der Waals surface area (Å²) in [5.41, 5.74) is 0.848. The third kappa shape index (κ3) is 2.29. The minimum absolute atomic E-state index is 0.304. The van der Waals surface area contributed by atoms with Gasteiger partial charge in [0.25, 0.3) is 0 Å². The highest BCUT2D eigenvalue weighted by Crippen LogP contribution is 2.29. The summed E-state index contributed by atoms with van der Waals surface area (Å²) in [7, 11) is 0. The summed E-state index contributed by atoms with van der Waals surface area (Å²) >= 11 is 1.69. The third-order valence-electron chi connectivity index (χ3n) is 2.20. The molecule has 3 heteroatoms. The normalized spacial score (nSPS) is 11.1. The van der Waals surface area contributed by atoms with Gasteiger partial charge in [0, 0.05) is 4.90 Å². The van der Waals surface area contributed by atoms with Gasteiger partial charge in [0.05, 0.1) is 5.54 Å². The van der Waals surface area contributed by atoms with Crippen molar-refractivity contribution in [2.75, 3.05) is 6.26 Å². The molecule has 0 unspecified atom stereocenters. The van der Waals surface area contributed by atoms with Crippen LogP contribution in [0.2, 0.25) is 0 Å². The van der Waals surface area contributed by atoms with E-state index < -0.39 is 0 Å². The van der Waals surface area contributed by atoms with E-state index in [2.05, 4.69) is 11.4 Å². The smallest absolute Gasteiger partial charge is 0.207 e. The van der Waals surface area contributed by atoms with Crippen LogP contribution in [0.1, 0.15) is 19.4 Å². The molecule has 1 rings (SSSR count). The van der Waals surface area contributed by atoms with E-state index in [1.807, 2.05) is 38.3 Å². The molecule has 0 aliphatic carbocycles. The lowest BCUT2D eigenvalue weighted by molar-refractivity contribution is -0.111. The van der Waals surface area contributed by atoms with Gasteiger partial charge in [-0.3, -0.25) is 4.79 Å². The standard InChI is InChI=1S/C11H15NOS/c1-11(2,12-8-13)9-6-4-5-7-10(9)14-3/h4-8H,1-3H3,(H,12,13). The van der Waals surface area contributed by atoms with Gasteiger partial charge >= 0.3 is 0 Å². The fraction of sp³-hybridized carbons (Fsp3) is 0.364. The lowest BCUT2D eigenvalue weighted by atomic mass is 9.94. The number of thioether (sulfide) groups is 1. The summed E-state index contributed by atoms with van der Waals surface area (Å²) < 4.78 is 0. The largest absolute Gasteiger partial charge is 0.350 e. The second kappa shape index (κ2) is 4.51. The maximum atomic E-state index is 10.5. The van der Waals surface area contributed by atoms with Gasteiger partial charge in [-0.2, -0.15) is 0 Å². The Bertz CT molecular complexity index is 323. The fourth-order valence-electron chi connectivity index (χ4n) is 1.39. The molecular formula is C11H15NOS. The predicted octanol–water partition coefficient (Wildman–Crippen LogP) is 2.39. The van der Waals surface area contributed by atoms with Gasteiger partial charge in [0.15, 0.2) is 0 Å². The van der Waals surface area contributed by atoms with E-state index >= 15 is 0 Å². The zero-order valence-electron chi connectivity index (χ0n) is 8.70. The van der Waals surface area contributed by atoms with E-state index in [9.17, 15) is 4.79 Å². The predicted molar refractivity (Wildman–Crippen MR) is 60.4 cm³/mol. The highest BCUT2D eigenvalue weighted by atomic mass is 32.2. The Morgan fingerprint density at radius 3 is 2.57 bits per heavy atom. The molecule has 1 aromatic rings. The average molecular weight is 209 g/mol. The van der Waals surface area contributed by atoms with Crippen molar-refractivity contribution in [2.24, 2.45) is 0 Å². The SMILES string of the molecule is CSc1ccccc1C(C)(C)NC=O. The van der Waals surface area contributed by atoms with Crippen LogP contribution in [0, 0.1) is 0 Å². The van der Waals surface area contributed by atoms with E-state index in [-0.39, 0.29) is 5.54 Å². The molecule has 0 aromatic heterocycles. The fourth-order valence-corrected chi connectivity index (χ4v) is 2.14. The molecule has 1 amide bonds. The minimum atomic E-state index is -0.304. The molecule has 0 spiro atoms. The van der Waals surface area contributed by atoms with Gasteiger partial charge < -0.3 is 5.32 Å². The number of carbonyl (C=O) groups is 1. The summed E-state index contributed by atoms with van der Waals surface area (Å²) in [6, 6.07) is 8.10. The van der Waals surface area contributed by atoms with E-state index in [0.29, 0.717) is 0 Å². The summed E-state index contributed by atoms with van der Waals surface area (Å²) in [6.45, 7) is 3.99. The van der Waals surface area contributed by atoms with Crippen molar-refractivity contribution < 1.29 is 4.79 Å². The van der Waals surface area contributed by atoms with Crippen molar-refractivity contribution in [1.29, 1.82) is 0 Å². The van der Waals surface area contributed by atoms with Crippen LogP contribution in [0.4, 0.5) is 0 Å². The highest BCUT2D eigenvalue weighted by Gasteiger charge is 2.21. The topological polar surface area (TPSA) is 29.1 Å². The molecule has 0 bridgehead atoms. The van der Waals surface area contributed by atoms with Gasteiger partial charge in [0.2, 0.25) is 6.41 Å². The van der Waals surface area contributed by atoms with Crippen LogP contribution in [0.15, 0.2) is 29.2 Å². The first-order valence-electron chi connectivity index (χ1n) is 4.46. The van der Waals surface area contributed by atoms with E-state index in [1.165, 1.54) is 4.90 Å². The quantitative estimate of drug-likeness (QED) is 0.609. The highest BCUT2D eigenvalue weighted by molar-refractivity contribution is 7.98. The van der Waals surface area contributed by atoms with Crippen molar-refractivity contribution in [3.63, 3.8) is 0 Å². The van der Waals surface area contributed by atoms with Crippen LogP contribution in [-0.2, 0) is 10.3 Å². The van der Waals surface area contributed by atoms with Gasteiger partial charge in [-0.05, 0) is 31.7 Å². The monoisotopic (exact) mass is 209 g/mol. The van der Waals surface area contributed by atoms with Crippen molar-refractivity contribution in [1.82, 2.24) is 5.32 Å². The van der Waals surface area contributed by atoms with Crippen molar-refractivity contribution in [3.05, 3.63) is 29.8 Å². The first-order valence-corrected chi connectivity index (χ1v) is 5.69. The molecule has 0 heterocycles. The number of nitrogens with one attached hydrogen (secondary N) is 1. The third-order valence-corrected chi connectivity index (χ3v) is 3.00. The Labute approximate surface area is 89.1 Å². The van der Waals surface area contributed by atoms with Gasteiger partial charge in [-0.25, -0.2) is 0 Å². The molecule has 0 fully saturated rings. The van der Waals surface area contributed by atoms with Crippen LogP contribution in [-0.4, -0.2) is 12.7 Å². The molecule has 0 aliphatic heterocycles. The second-order valence-electron chi connectivity index (χ2n) is 3.59. The van der Waals surface area contributed by atoms with Crippen LogP contribution in [0.25, 0.3) is 0 Å². The molecule has 76 valence electrons. The number of amides is 1. The maximum Gasteiger partial charge on any atom is 0.207 e. The Kier molecular flexibility index (Phi) is 3.58. The van der Waals surface area contributed by atoms with Gasteiger partial charge in [-0.1, -0.05) is 18.2 Å². The molecule has 2 nitrogen and oxygen atoms in total. The van der Waals surface area contributed by atoms with Crippen molar-refractivity contribution >= 4 is 18.2 Å². The number of hydrogen-bond acceptors (Lipinski definition) is 2. The van der Waals surface area contributed by atoms with Gasteiger partial charge in [0.1, 0.15) is 0 Å². The van der Waals surface area contributed by atoms with Crippen LogP contribution in [0.3, 0.4) is 0 Å². The summed E-state index contributed by atoms with van der Waals surface area (Å²) in [4.78, 5) is 11.7. The van der Waals surface area contributed by atoms with Crippen LogP contribution >= 0.6 is 11.8 Å². The van der Waals surface area contributed by atoms with E-state index in [4.69, 9.17) is 0 Å². The number of benzene rings is 1. The number of rotatable bonds is 4. The average Bonchev–Trinajstić information content (AvgIpc) is 2.18. The molecule has 0 saturated heterocycles. The first kappa shape index (κ1) is 11.1. The molecule has 0 radical (unpaired) electrons. The van der Waals surface area contributed by atoms with Crippen LogP contribution < -0.4 is 5.32 Å². The summed E-state index contributed by atoms with van der Waals surface area (Å²) in [6.07, 6.45) is 2.78.